The zero-order valence-electron chi connectivity index (χ0n) is 5.58. The fraction of sp³-hybridized carbons (Fsp3) is 0. The molecule has 0 unspecified atom stereocenters. The molecule has 0 bridgehead atoms. The lowest BCUT2D eigenvalue weighted by Gasteiger charge is -1.92. The molecule has 11 heavy (non-hydrogen) atoms. The van der Waals surface area contributed by atoms with Crippen LogP contribution in [0.5, 0.6) is 0 Å². The summed E-state index contributed by atoms with van der Waals surface area (Å²) in [7, 11) is 0. The maximum absolute atomic E-state index is 10.5. The van der Waals surface area contributed by atoms with Crippen molar-refractivity contribution in [3.63, 3.8) is 0 Å². The number of hydrogen-bond acceptors (Lipinski definition) is 1. The molecular weight excluding hydrogens is 185 g/mol. The molecule has 1 amide bonds. The molecule has 0 saturated carbocycles. The van der Waals surface area contributed by atoms with Crippen molar-refractivity contribution in [2.75, 3.05) is 0 Å². The second-order valence-electron chi connectivity index (χ2n) is 1.87. The van der Waals surface area contributed by atoms with E-state index in [9.17, 15) is 4.79 Å². The first-order valence-electron chi connectivity index (χ1n) is 2.75. The van der Waals surface area contributed by atoms with Crippen molar-refractivity contribution in [3.8, 4) is 0 Å². The first-order chi connectivity index (χ1) is 4.70. The molecule has 1 aromatic rings. The van der Waals surface area contributed by atoms with E-state index in [-0.39, 0.29) is 12.4 Å². The Bertz CT molecular complexity index is 245. The van der Waals surface area contributed by atoms with E-state index in [1.54, 1.807) is 24.3 Å². The van der Waals surface area contributed by atoms with Gasteiger partial charge >= 0.3 is 0 Å². The van der Waals surface area contributed by atoms with Crippen molar-refractivity contribution >= 4 is 29.9 Å². The third-order valence-electron chi connectivity index (χ3n) is 1.13. The summed E-state index contributed by atoms with van der Waals surface area (Å²) in [5.41, 5.74) is 5.46. The van der Waals surface area contributed by atoms with Gasteiger partial charge in [0, 0.05) is 10.6 Å². The van der Waals surface area contributed by atoms with E-state index in [1.165, 1.54) is 0 Å². The van der Waals surface area contributed by atoms with Gasteiger partial charge in [0.05, 0.1) is 0 Å². The third kappa shape index (κ3) is 2.78. The molecule has 0 radical (unpaired) electrons. The van der Waals surface area contributed by atoms with Gasteiger partial charge in [-0.25, -0.2) is 0 Å². The Labute approximate surface area is 75.8 Å². The van der Waals surface area contributed by atoms with Crippen molar-refractivity contribution in [2.24, 2.45) is 5.73 Å². The first kappa shape index (κ1) is 10.3. The monoisotopic (exact) mass is 191 g/mol. The van der Waals surface area contributed by atoms with Crippen molar-refractivity contribution in [1.82, 2.24) is 0 Å². The van der Waals surface area contributed by atoms with Crippen LogP contribution in [0.15, 0.2) is 24.3 Å². The molecule has 1 aromatic carbocycles. The Kier molecular flexibility index (Phi) is 3.93. The summed E-state index contributed by atoms with van der Waals surface area (Å²) in [5, 5.41) is 0.602. The minimum Gasteiger partial charge on any atom is -0.366 e. The molecule has 0 atom stereocenters. The highest BCUT2D eigenvalue weighted by atomic mass is 35.5. The van der Waals surface area contributed by atoms with Crippen LogP contribution in [-0.4, -0.2) is 5.91 Å². The summed E-state index contributed by atoms with van der Waals surface area (Å²) in [6.07, 6.45) is 0. The normalized spacial score (nSPS) is 8.45. The molecule has 0 aliphatic carbocycles. The molecule has 0 aromatic heterocycles. The van der Waals surface area contributed by atoms with Crippen molar-refractivity contribution < 1.29 is 4.79 Å². The molecule has 1 rings (SSSR count). The second kappa shape index (κ2) is 4.21. The van der Waals surface area contributed by atoms with Gasteiger partial charge in [-0.15, -0.1) is 12.4 Å². The highest BCUT2D eigenvalue weighted by molar-refractivity contribution is 6.30. The lowest BCUT2D eigenvalue weighted by Crippen LogP contribution is -2.10. The highest BCUT2D eigenvalue weighted by Gasteiger charge is 1.96. The van der Waals surface area contributed by atoms with Crippen LogP contribution in [0.3, 0.4) is 0 Å². The number of carbonyl (C=O) groups excluding carboxylic acids is 1. The van der Waals surface area contributed by atoms with E-state index in [0.717, 1.165) is 0 Å². The summed E-state index contributed by atoms with van der Waals surface area (Å²) in [4.78, 5) is 10.5. The molecule has 2 N–H and O–H groups in total. The van der Waals surface area contributed by atoms with E-state index in [4.69, 9.17) is 17.3 Å². The van der Waals surface area contributed by atoms with Crippen LogP contribution in [0.25, 0.3) is 0 Å². The standard InChI is InChI=1S/C7H6ClNO.ClH/c8-6-3-1-5(2-4-6)7(9)10;/h1-4H,(H2,9,10);1H. The van der Waals surface area contributed by atoms with Crippen LogP contribution < -0.4 is 5.73 Å². The van der Waals surface area contributed by atoms with Crippen LogP contribution in [0.1, 0.15) is 10.4 Å². The molecule has 0 aliphatic heterocycles. The summed E-state index contributed by atoms with van der Waals surface area (Å²) in [5.74, 6) is -0.434. The largest absolute Gasteiger partial charge is 0.366 e. The summed E-state index contributed by atoms with van der Waals surface area (Å²) in [6, 6.07) is 6.43. The van der Waals surface area contributed by atoms with Gasteiger partial charge in [0.1, 0.15) is 0 Å². The summed E-state index contributed by atoms with van der Waals surface area (Å²) in [6.45, 7) is 0. The summed E-state index contributed by atoms with van der Waals surface area (Å²) < 4.78 is 0. The quantitative estimate of drug-likeness (QED) is 0.724. The average Bonchev–Trinajstić information content (AvgIpc) is 1.88. The van der Waals surface area contributed by atoms with Crippen molar-refractivity contribution in [1.29, 1.82) is 0 Å². The maximum atomic E-state index is 10.5. The Morgan fingerprint density at radius 2 is 1.73 bits per heavy atom. The van der Waals surface area contributed by atoms with Crippen LogP contribution in [0.2, 0.25) is 5.02 Å². The SMILES string of the molecule is Cl.NC(=O)c1ccc(Cl)cc1. The van der Waals surface area contributed by atoms with Gasteiger partial charge in [-0.3, -0.25) is 4.79 Å². The fourth-order valence-corrected chi connectivity index (χ4v) is 0.740. The van der Waals surface area contributed by atoms with Gasteiger partial charge < -0.3 is 5.73 Å². The molecule has 0 heterocycles. The van der Waals surface area contributed by atoms with Gasteiger partial charge in [0.15, 0.2) is 0 Å². The van der Waals surface area contributed by atoms with E-state index < -0.39 is 5.91 Å². The fourth-order valence-electron chi connectivity index (χ4n) is 0.614. The van der Waals surface area contributed by atoms with E-state index in [2.05, 4.69) is 0 Å². The van der Waals surface area contributed by atoms with Crippen LogP contribution in [0.4, 0.5) is 0 Å². The maximum Gasteiger partial charge on any atom is 0.248 e. The number of primary amides is 1. The molecular formula is C7H7Cl2NO. The van der Waals surface area contributed by atoms with E-state index in [1.807, 2.05) is 0 Å². The molecule has 4 heteroatoms. The predicted octanol–water partition coefficient (Wildman–Crippen LogP) is 1.86. The number of nitrogens with two attached hydrogens (primary N) is 1. The first-order valence-corrected chi connectivity index (χ1v) is 3.13. The molecule has 0 saturated heterocycles. The van der Waals surface area contributed by atoms with E-state index in [0.29, 0.717) is 10.6 Å². The van der Waals surface area contributed by atoms with Crippen molar-refractivity contribution in [3.05, 3.63) is 34.9 Å². The number of amides is 1. The molecule has 60 valence electrons. The van der Waals surface area contributed by atoms with Gasteiger partial charge in [-0.1, -0.05) is 11.6 Å². The topological polar surface area (TPSA) is 43.1 Å². The number of carbonyl (C=O) groups is 1. The van der Waals surface area contributed by atoms with Gasteiger partial charge in [-0.2, -0.15) is 0 Å². The Hall–Kier alpha value is -0.730. The van der Waals surface area contributed by atoms with Crippen LogP contribution >= 0.6 is 24.0 Å². The smallest absolute Gasteiger partial charge is 0.248 e. The van der Waals surface area contributed by atoms with Gasteiger partial charge in [-0.05, 0) is 24.3 Å². The van der Waals surface area contributed by atoms with Crippen molar-refractivity contribution in [2.45, 2.75) is 0 Å². The average molecular weight is 192 g/mol. The molecule has 0 fully saturated rings. The zero-order valence-corrected chi connectivity index (χ0v) is 7.15. The Morgan fingerprint density at radius 1 is 1.27 bits per heavy atom. The van der Waals surface area contributed by atoms with Gasteiger partial charge in [0.2, 0.25) is 5.91 Å². The zero-order chi connectivity index (χ0) is 7.56. The number of hydrogen-bond donors (Lipinski definition) is 1. The second-order valence-corrected chi connectivity index (χ2v) is 2.31. The van der Waals surface area contributed by atoms with Crippen LogP contribution in [0, 0.1) is 0 Å². The summed E-state index contributed by atoms with van der Waals surface area (Å²) >= 11 is 5.56. The molecule has 0 aliphatic rings. The third-order valence-corrected chi connectivity index (χ3v) is 1.38. The van der Waals surface area contributed by atoms with E-state index >= 15 is 0 Å². The minimum atomic E-state index is -0.434. The van der Waals surface area contributed by atoms with Gasteiger partial charge in [0.25, 0.3) is 0 Å². The Balaban J connectivity index is 0.000001000. The minimum absolute atomic E-state index is 0. The Morgan fingerprint density at radius 3 is 2.09 bits per heavy atom. The molecule has 0 spiro atoms. The lowest BCUT2D eigenvalue weighted by molar-refractivity contribution is 0.100. The lowest BCUT2D eigenvalue weighted by atomic mass is 10.2. The van der Waals surface area contributed by atoms with Crippen LogP contribution in [-0.2, 0) is 0 Å². The predicted molar refractivity (Wildman–Crippen MR) is 47.2 cm³/mol. The molecule has 2 nitrogen and oxygen atoms in total. The number of halogens is 2. The highest BCUT2D eigenvalue weighted by Crippen LogP contribution is 2.08. The number of rotatable bonds is 1. The number of benzene rings is 1.